The van der Waals surface area contributed by atoms with Gasteiger partial charge in [-0.3, -0.25) is 4.79 Å². The highest BCUT2D eigenvalue weighted by atomic mass is 16.7. The predicted molar refractivity (Wildman–Crippen MR) is 142 cm³/mol. The normalized spacial score (nSPS) is 44.9. The van der Waals surface area contributed by atoms with Crippen LogP contribution < -0.4 is 0 Å². The number of methoxy groups -OCH3 is 2. The predicted octanol–water partition coefficient (Wildman–Crippen LogP) is 6.87. The van der Waals surface area contributed by atoms with Gasteiger partial charge in [-0.25, -0.2) is 0 Å². The highest BCUT2D eigenvalue weighted by Crippen LogP contribution is 2.70. The second-order valence-corrected chi connectivity index (χ2v) is 13.2. The second kappa shape index (κ2) is 11.6. The molecule has 4 rings (SSSR count). The zero-order chi connectivity index (χ0) is 26.1. The lowest BCUT2D eigenvalue weighted by molar-refractivity contribution is -0.236. The maximum atomic E-state index is 11.9. The van der Waals surface area contributed by atoms with Gasteiger partial charge in [-0.15, -0.1) is 0 Å². The molecule has 0 amide bonds. The van der Waals surface area contributed by atoms with E-state index in [0.29, 0.717) is 65.7 Å². The van der Waals surface area contributed by atoms with Crippen molar-refractivity contribution < 1.29 is 23.7 Å². The van der Waals surface area contributed by atoms with Gasteiger partial charge in [0, 0.05) is 20.1 Å². The fourth-order valence-corrected chi connectivity index (χ4v) is 10.3. The van der Waals surface area contributed by atoms with Gasteiger partial charge in [0.25, 0.3) is 0 Å². The standard InChI is InChI=1S/C31H54O5/c1-8-22-26-18-21(35-9-2)14-16-31(26,5)25-15-17-30(4)23(20(3)10-13-27(32)34-7)11-12-24(30)28(25)29(22)36-19-33-6/h20-26,28-29H,8-19H2,1-7H3/t20-,21-,22-,23-,24?,25?,26+,28?,29-,30-,31-/m1/s1. The highest BCUT2D eigenvalue weighted by molar-refractivity contribution is 5.69. The third-order valence-electron chi connectivity index (χ3n) is 11.9. The molecule has 4 aliphatic rings. The molecule has 36 heavy (non-hydrogen) atoms. The van der Waals surface area contributed by atoms with Crippen LogP contribution in [0, 0.1) is 52.3 Å². The third-order valence-corrected chi connectivity index (χ3v) is 11.9. The molecule has 0 spiro atoms. The largest absolute Gasteiger partial charge is 0.469 e. The Labute approximate surface area is 220 Å². The van der Waals surface area contributed by atoms with Gasteiger partial charge in [0.05, 0.1) is 19.3 Å². The minimum atomic E-state index is -0.0713. The fraction of sp³-hybridized carbons (Fsp3) is 0.968. The van der Waals surface area contributed by atoms with E-state index in [-0.39, 0.29) is 12.1 Å². The molecule has 0 aliphatic heterocycles. The molecule has 5 nitrogen and oxygen atoms in total. The number of hydrogen-bond acceptors (Lipinski definition) is 5. The lowest BCUT2D eigenvalue weighted by atomic mass is 9.41. The van der Waals surface area contributed by atoms with E-state index in [1.165, 1.54) is 58.5 Å². The van der Waals surface area contributed by atoms with Gasteiger partial charge in [0.1, 0.15) is 6.79 Å². The van der Waals surface area contributed by atoms with Gasteiger partial charge in [-0.2, -0.15) is 0 Å². The maximum Gasteiger partial charge on any atom is 0.305 e. The van der Waals surface area contributed by atoms with E-state index in [1.807, 2.05) is 0 Å². The quantitative estimate of drug-likeness (QED) is 0.239. The summed E-state index contributed by atoms with van der Waals surface area (Å²) in [6, 6.07) is 0. The molecule has 0 radical (unpaired) electrons. The molecule has 0 heterocycles. The molecule has 0 bridgehead atoms. The highest BCUT2D eigenvalue weighted by Gasteiger charge is 2.65. The van der Waals surface area contributed by atoms with Crippen molar-refractivity contribution >= 4 is 5.97 Å². The first kappa shape index (κ1) is 28.4. The first-order chi connectivity index (χ1) is 17.2. The van der Waals surface area contributed by atoms with Crippen molar-refractivity contribution in [2.24, 2.45) is 52.3 Å². The number of rotatable bonds is 10. The summed E-state index contributed by atoms with van der Waals surface area (Å²) in [7, 11) is 3.26. The van der Waals surface area contributed by atoms with Crippen molar-refractivity contribution in [2.45, 2.75) is 111 Å². The van der Waals surface area contributed by atoms with Gasteiger partial charge >= 0.3 is 5.97 Å². The average Bonchev–Trinajstić information content (AvgIpc) is 3.23. The van der Waals surface area contributed by atoms with Crippen LogP contribution in [0.4, 0.5) is 0 Å². The van der Waals surface area contributed by atoms with E-state index in [1.54, 1.807) is 7.11 Å². The summed E-state index contributed by atoms with van der Waals surface area (Å²) >= 11 is 0. The Kier molecular flexibility index (Phi) is 9.15. The van der Waals surface area contributed by atoms with Crippen molar-refractivity contribution in [2.75, 3.05) is 27.6 Å². The summed E-state index contributed by atoms with van der Waals surface area (Å²) in [4.78, 5) is 11.9. The van der Waals surface area contributed by atoms with Crippen molar-refractivity contribution in [1.82, 2.24) is 0 Å². The summed E-state index contributed by atoms with van der Waals surface area (Å²) in [6.45, 7) is 13.3. The molecule has 0 aromatic heterocycles. The van der Waals surface area contributed by atoms with Crippen LogP contribution >= 0.6 is 0 Å². The van der Waals surface area contributed by atoms with E-state index < -0.39 is 0 Å². The fourth-order valence-electron chi connectivity index (χ4n) is 10.3. The molecule has 0 saturated heterocycles. The molecular weight excluding hydrogens is 452 g/mol. The Bertz CT molecular complexity index is 740. The van der Waals surface area contributed by atoms with E-state index in [0.717, 1.165) is 18.9 Å². The SMILES string of the molecule is CCO[C@@H]1CC[C@]2(C)C3CC[C@@]4(C)C(CC[C@@H]4[C@H](C)CCC(=O)OC)C3[C@H](OCOC)[C@H](CC)[C@@H]2C1. The molecule has 0 N–H and O–H groups in total. The Hall–Kier alpha value is -0.650. The first-order valence-corrected chi connectivity index (χ1v) is 15.0. The molecule has 0 aromatic carbocycles. The van der Waals surface area contributed by atoms with Gasteiger partial charge in [-0.05, 0) is 111 Å². The van der Waals surface area contributed by atoms with Gasteiger partial charge in [0.2, 0.25) is 0 Å². The molecule has 4 aliphatic carbocycles. The zero-order valence-corrected chi connectivity index (χ0v) is 24.2. The minimum Gasteiger partial charge on any atom is -0.469 e. The number of hydrogen-bond donors (Lipinski definition) is 0. The number of fused-ring (bicyclic) bond motifs is 5. The Morgan fingerprint density at radius 1 is 0.944 bits per heavy atom. The van der Waals surface area contributed by atoms with Crippen molar-refractivity contribution in [1.29, 1.82) is 0 Å². The zero-order valence-electron chi connectivity index (χ0n) is 24.2. The van der Waals surface area contributed by atoms with Crippen LogP contribution in [-0.2, 0) is 23.7 Å². The monoisotopic (exact) mass is 506 g/mol. The smallest absolute Gasteiger partial charge is 0.305 e. The van der Waals surface area contributed by atoms with Gasteiger partial charge < -0.3 is 18.9 Å². The van der Waals surface area contributed by atoms with Gasteiger partial charge in [-0.1, -0.05) is 34.1 Å². The van der Waals surface area contributed by atoms with Crippen LogP contribution in [0.5, 0.6) is 0 Å². The first-order valence-electron chi connectivity index (χ1n) is 15.0. The van der Waals surface area contributed by atoms with E-state index in [4.69, 9.17) is 18.9 Å². The lowest BCUT2D eigenvalue weighted by Gasteiger charge is -2.65. The molecule has 4 fully saturated rings. The van der Waals surface area contributed by atoms with E-state index in [2.05, 4.69) is 34.6 Å². The number of esters is 1. The van der Waals surface area contributed by atoms with E-state index in [9.17, 15) is 4.79 Å². The van der Waals surface area contributed by atoms with Crippen molar-refractivity contribution in [3.63, 3.8) is 0 Å². The van der Waals surface area contributed by atoms with E-state index >= 15 is 0 Å². The van der Waals surface area contributed by atoms with Crippen LogP contribution in [-0.4, -0.2) is 45.8 Å². The molecule has 3 unspecified atom stereocenters. The molecule has 5 heteroatoms. The number of carbonyl (C=O) groups is 1. The number of carbonyl (C=O) groups excluding carboxylic acids is 1. The maximum absolute atomic E-state index is 11.9. The summed E-state index contributed by atoms with van der Waals surface area (Å²) in [5.74, 6) is 4.39. The lowest BCUT2D eigenvalue weighted by Crippen LogP contribution is -2.62. The third kappa shape index (κ3) is 4.91. The molecule has 11 atom stereocenters. The van der Waals surface area contributed by atoms with Crippen LogP contribution in [0.25, 0.3) is 0 Å². The number of ether oxygens (including phenoxy) is 4. The molecular formula is C31H54O5. The summed E-state index contributed by atoms with van der Waals surface area (Å²) in [6.07, 6.45) is 12.2. The summed E-state index contributed by atoms with van der Waals surface area (Å²) in [5.41, 5.74) is 0.706. The van der Waals surface area contributed by atoms with Crippen LogP contribution in [0.1, 0.15) is 98.8 Å². The van der Waals surface area contributed by atoms with Crippen LogP contribution in [0.15, 0.2) is 0 Å². The summed E-state index contributed by atoms with van der Waals surface area (Å²) in [5, 5.41) is 0. The van der Waals surface area contributed by atoms with Crippen LogP contribution in [0.3, 0.4) is 0 Å². The Morgan fingerprint density at radius 2 is 1.67 bits per heavy atom. The summed E-state index contributed by atoms with van der Waals surface area (Å²) < 4.78 is 23.4. The Balaban J connectivity index is 1.63. The van der Waals surface area contributed by atoms with Gasteiger partial charge in [0.15, 0.2) is 0 Å². The molecule has 0 aromatic rings. The minimum absolute atomic E-state index is 0.0713. The second-order valence-electron chi connectivity index (χ2n) is 13.2. The van der Waals surface area contributed by atoms with Crippen LogP contribution in [0.2, 0.25) is 0 Å². The average molecular weight is 507 g/mol. The topological polar surface area (TPSA) is 54.0 Å². The molecule has 4 saturated carbocycles. The Morgan fingerprint density at radius 3 is 2.33 bits per heavy atom. The molecule has 208 valence electrons. The van der Waals surface area contributed by atoms with Crippen molar-refractivity contribution in [3.8, 4) is 0 Å². The van der Waals surface area contributed by atoms with Crippen molar-refractivity contribution in [3.05, 3.63) is 0 Å².